The van der Waals surface area contributed by atoms with Gasteiger partial charge in [0.25, 0.3) is 0 Å². The highest BCUT2D eigenvalue weighted by molar-refractivity contribution is 6.31. The van der Waals surface area contributed by atoms with Gasteiger partial charge < -0.3 is 10.6 Å². The van der Waals surface area contributed by atoms with Crippen molar-refractivity contribution < 1.29 is 4.79 Å². The number of anilines is 1. The van der Waals surface area contributed by atoms with Gasteiger partial charge in [-0.25, -0.2) is 0 Å². The molecule has 0 fully saturated rings. The molecule has 0 unspecified atom stereocenters. The van der Waals surface area contributed by atoms with Crippen LogP contribution < -0.4 is 10.6 Å². The Labute approximate surface area is 107 Å². The maximum Gasteiger partial charge on any atom is 0.225 e. The van der Waals surface area contributed by atoms with E-state index in [0.717, 1.165) is 11.3 Å². The van der Waals surface area contributed by atoms with Gasteiger partial charge in [-0.05, 0) is 31.7 Å². The van der Waals surface area contributed by atoms with Crippen LogP contribution in [0.1, 0.15) is 12.0 Å². The number of carbonyl (C=O) groups excluding carboxylic acids is 1. The molecule has 0 saturated carbocycles. The van der Waals surface area contributed by atoms with Crippen LogP contribution in [0.15, 0.2) is 18.2 Å². The monoisotopic (exact) mass is 262 g/mol. The van der Waals surface area contributed by atoms with E-state index in [1.165, 1.54) is 0 Å². The van der Waals surface area contributed by atoms with Gasteiger partial charge in [0.05, 0.1) is 0 Å². The van der Waals surface area contributed by atoms with Gasteiger partial charge in [0.15, 0.2) is 0 Å². The van der Waals surface area contributed by atoms with Crippen molar-refractivity contribution in [2.24, 2.45) is 0 Å². The number of carbonyl (C=O) groups is 1. The SMILES string of the molecule is CNCCC(=O)Nc1cc(Cl)ccc1C.Cl. The molecule has 1 rings (SSSR count). The molecule has 0 aliphatic carbocycles. The lowest BCUT2D eigenvalue weighted by atomic mass is 10.2. The Balaban J connectivity index is 0.00000225. The second-order valence-electron chi connectivity index (χ2n) is 3.36. The number of hydrogen-bond acceptors (Lipinski definition) is 2. The molecule has 2 N–H and O–H groups in total. The van der Waals surface area contributed by atoms with E-state index in [1.54, 1.807) is 12.1 Å². The third kappa shape index (κ3) is 4.84. The van der Waals surface area contributed by atoms with E-state index in [-0.39, 0.29) is 18.3 Å². The van der Waals surface area contributed by atoms with Crippen LogP contribution in [0.4, 0.5) is 5.69 Å². The van der Waals surface area contributed by atoms with Crippen molar-refractivity contribution in [2.75, 3.05) is 18.9 Å². The maximum atomic E-state index is 11.4. The van der Waals surface area contributed by atoms with Gasteiger partial charge in [0, 0.05) is 23.7 Å². The number of halogens is 2. The highest BCUT2D eigenvalue weighted by Gasteiger charge is 2.04. The van der Waals surface area contributed by atoms with Crippen LogP contribution in [0.3, 0.4) is 0 Å². The van der Waals surface area contributed by atoms with E-state index in [4.69, 9.17) is 11.6 Å². The zero-order valence-corrected chi connectivity index (χ0v) is 10.9. The summed E-state index contributed by atoms with van der Waals surface area (Å²) in [5, 5.41) is 6.38. The molecule has 0 aliphatic rings. The quantitative estimate of drug-likeness (QED) is 0.876. The fourth-order valence-corrected chi connectivity index (χ4v) is 1.35. The summed E-state index contributed by atoms with van der Waals surface area (Å²) in [5.74, 6) is -0.00489. The molecule has 5 heteroatoms. The molecule has 0 aliphatic heterocycles. The van der Waals surface area contributed by atoms with Gasteiger partial charge in [-0.2, -0.15) is 0 Å². The lowest BCUT2D eigenvalue weighted by Gasteiger charge is -2.08. The number of nitrogens with one attached hydrogen (secondary N) is 2. The average Bonchev–Trinajstić information content (AvgIpc) is 2.20. The number of amides is 1. The summed E-state index contributed by atoms with van der Waals surface area (Å²) in [7, 11) is 1.82. The normalized spacial score (nSPS) is 9.44. The van der Waals surface area contributed by atoms with E-state index < -0.39 is 0 Å². The first-order valence-corrected chi connectivity index (χ1v) is 5.22. The lowest BCUT2D eigenvalue weighted by molar-refractivity contribution is -0.116. The van der Waals surface area contributed by atoms with Crippen LogP contribution in [0.5, 0.6) is 0 Å². The van der Waals surface area contributed by atoms with E-state index in [9.17, 15) is 4.79 Å². The van der Waals surface area contributed by atoms with Crippen molar-refractivity contribution in [2.45, 2.75) is 13.3 Å². The summed E-state index contributed by atoms with van der Waals surface area (Å²) in [4.78, 5) is 11.4. The Morgan fingerprint density at radius 2 is 2.12 bits per heavy atom. The summed E-state index contributed by atoms with van der Waals surface area (Å²) in [5.41, 5.74) is 1.79. The van der Waals surface area contributed by atoms with Gasteiger partial charge in [-0.3, -0.25) is 4.79 Å². The molecule has 0 atom stereocenters. The lowest BCUT2D eigenvalue weighted by Crippen LogP contribution is -2.19. The molecule has 16 heavy (non-hydrogen) atoms. The fourth-order valence-electron chi connectivity index (χ4n) is 1.18. The second-order valence-corrected chi connectivity index (χ2v) is 3.80. The average molecular weight is 263 g/mol. The van der Waals surface area contributed by atoms with Crippen molar-refractivity contribution in [1.29, 1.82) is 0 Å². The third-order valence-electron chi connectivity index (χ3n) is 2.08. The summed E-state index contributed by atoms with van der Waals surface area (Å²) in [6, 6.07) is 5.45. The van der Waals surface area contributed by atoms with Gasteiger partial charge >= 0.3 is 0 Å². The van der Waals surface area contributed by atoms with Crippen LogP contribution >= 0.6 is 24.0 Å². The van der Waals surface area contributed by atoms with E-state index in [2.05, 4.69) is 10.6 Å². The van der Waals surface area contributed by atoms with Gasteiger partial charge in [-0.15, -0.1) is 12.4 Å². The number of benzene rings is 1. The zero-order valence-electron chi connectivity index (χ0n) is 9.34. The Morgan fingerprint density at radius 3 is 2.75 bits per heavy atom. The molecule has 0 bridgehead atoms. The standard InChI is InChI=1S/C11H15ClN2O.ClH/c1-8-3-4-9(12)7-10(8)14-11(15)5-6-13-2;/h3-4,7,13H,5-6H2,1-2H3,(H,14,15);1H. The molecule has 1 aromatic carbocycles. The molecule has 1 amide bonds. The fraction of sp³-hybridized carbons (Fsp3) is 0.364. The number of rotatable bonds is 4. The van der Waals surface area contributed by atoms with Crippen LogP contribution in [0, 0.1) is 6.92 Å². The van der Waals surface area contributed by atoms with Crippen molar-refractivity contribution >= 4 is 35.6 Å². The molecule has 1 aromatic rings. The van der Waals surface area contributed by atoms with Crippen LogP contribution in [0.2, 0.25) is 5.02 Å². The van der Waals surface area contributed by atoms with Crippen molar-refractivity contribution in [3.05, 3.63) is 28.8 Å². The minimum atomic E-state index is -0.00489. The van der Waals surface area contributed by atoms with E-state index >= 15 is 0 Å². The van der Waals surface area contributed by atoms with Gasteiger partial charge in [0.2, 0.25) is 5.91 Å². The Bertz CT molecular complexity index is 356. The highest BCUT2D eigenvalue weighted by atomic mass is 35.5. The molecule has 0 aromatic heterocycles. The van der Waals surface area contributed by atoms with Crippen molar-refractivity contribution in [3.8, 4) is 0 Å². The molecule has 0 radical (unpaired) electrons. The van der Waals surface area contributed by atoms with Crippen molar-refractivity contribution in [1.82, 2.24) is 5.32 Å². The van der Waals surface area contributed by atoms with Gasteiger partial charge in [-0.1, -0.05) is 17.7 Å². The smallest absolute Gasteiger partial charge is 0.225 e. The first-order valence-electron chi connectivity index (χ1n) is 4.84. The Kier molecular flexibility index (Phi) is 7.13. The molecular weight excluding hydrogens is 247 g/mol. The summed E-state index contributed by atoms with van der Waals surface area (Å²) >= 11 is 5.84. The summed E-state index contributed by atoms with van der Waals surface area (Å²) in [6.45, 7) is 2.61. The van der Waals surface area contributed by atoms with Crippen molar-refractivity contribution in [3.63, 3.8) is 0 Å². The number of hydrogen-bond donors (Lipinski definition) is 2. The minimum Gasteiger partial charge on any atom is -0.326 e. The minimum absolute atomic E-state index is 0. The highest BCUT2D eigenvalue weighted by Crippen LogP contribution is 2.20. The van der Waals surface area contributed by atoms with Crippen LogP contribution in [-0.2, 0) is 4.79 Å². The Morgan fingerprint density at radius 1 is 1.44 bits per heavy atom. The molecule has 0 saturated heterocycles. The summed E-state index contributed by atoms with van der Waals surface area (Å²) in [6.07, 6.45) is 0.461. The second kappa shape index (κ2) is 7.49. The topological polar surface area (TPSA) is 41.1 Å². The predicted octanol–water partition coefficient (Wildman–Crippen LogP) is 2.62. The van der Waals surface area contributed by atoms with Gasteiger partial charge in [0.1, 0.15) is 0 Å². The van der Waals surface area contributed by atoms with E-state index in [0.29, 0.717) is 18.0 Å². The molecule has 3 nitrogen and oxygen atoms in total. The molecule has 90 valence electrons. The first-order chi connectivity index (χ1) is 7.13. The number of aryl methyl sites for hydroxylation is 1. The zero-order chi connectivity index (χ0) is 11.3. The largest absolute Gasteiger partial charge is 0.326 e. The van der Waals surface area contributed by atoms with Crippen LogP contribution in [0.25, 0.3) is 0 Å². The third-order valence-corrected chi connectivity index (χ3v) is 2.31. The first kappa shape index (κ1) is 15.2. The summed E-state index contributed by atoms with van der Waals surface area (Å²) < 4.78 is 0. The molecule has 0 heterocycles. The maximum absolute atomic E-state index is 11.4. The predicted molar refractivity (Wildman–Crippen MR) is 70.6 cm³/mol. The van der Waals surface area contributed by atoms with E-state index in [1.807, 2.05) is 20.0 Å². The Hall–Kier alpha value is -0.770. The molecular formula is C11H16Cl2N2O. The molecule has 0 spiro atoms. The van der Waals surface area contributed by atoms with Crippen LogP contribution in [-0.4, -0.2) is 19.5 Å².